The van der Waals surface area contributed by atoms with Crippen LogP contribution in [0.25, 0.3) is 0 Å². The van der Waals surface area contributed by atoms with Gasteiger partial charge in [-0.15, -0.1) is 0 Å². The number of aryl methyl sites for hydroxylation is 3. The van der Waals surface area contributed by atoms with E-state index in [0.717, 1.165) is 28.2 Å². The van der Waals surface area contributed by atoms with Crippen molar-refractivity contribution in [1.82, 2.24) is 9.36 Å². The van der Waals surface area contributed by atoms with Crippen molar-refractivity contribution in [3.63, 3.8) is 0 Å². The summed E-state index contributed by atoms with van der Waals surface area (Å²) in [6.07, 6.45) is 1.24. The van der Waals surface area contributed by atoms with Crippen LogP contribution in [-0.2, 0) is 17.6 Å². The predicted octanol–water partition coefficient (Wildman–Crippen LogP) is 4.74. The normalized spacial score (nSPS) is 10.7. The van der Waals surface area contributed by atoms with E-state index in [4.69, 9.17) is 4.74 Å². The second-order valence-electron chi connectivity index (χ2n) is 6.92. The van der Waals surface area contributed by atoms with Crippen LogP contribution >= 0.6 is 11.5 Å². The average molecular weight is 424 g/mol. The summed E-state index contributed by atoms with van der Waals surface area (Å²) in [5.74, 6) is -0.561. The molecular weight excluding hydrogens is 398 g/mol. The van der Waals surface area contributed by atoms with E-state index in [2.05, 4.69) is 21.6 Å². The molecule has 0 aliphatic carbocycles. The fourth-order valence-electron chi connectivity index (χ4n) is 3.29. The number of rotatable bonds is 7. The summed E-state index contributed by atoms with van der Waals surface area (Å²) in [5.41, 5.74) is 5.01. The van der Waals surface area contributed by atoms with Crippen LogP contribution in [0, 0.1) is 13.8 Å². The molecule has 0 saturated carbocycles. The standard InChI is InChI=1S/C23H25N3O3S/c1-5-16-9-7-8-10-19(16)25-22(27)21-15(4)26-30-20(21)13-18-12-17(11-14(3)24-18)23(28)29-6-2/h7-12H,5-6,13H2,1-4H3,(H,25,27). The molecule has 0 aliphatic heterocycles. The van der Waals surface area contributed by atoms with E-state index in [1.807, 2.05) is 38.1 Å². The maximum Gasteiger partial charge on any atom is 0.338 e. The second-order valence-corrected chi connectivity index (χ2v) is 7.77. The minimum absolute atomic E-state index is 0.185. The molecule has 0 unspecified atom stereocenters. The number of nitrogens with one attached hydrogen (secondary N) is 1. The van der Waals surface area contributed by atoms with Crippen LogP contribution < -0.4 is 5.32 Å². The molecule has 1 amide bonds. The lowest BCUT2D eigenvalue weighted by Gasteiger charge is -2.11. The number of esters is 1. The molecule has 0 saturated heterocycles. The first-order valence-electron chi connectivity index (χ1n) is 9.92. The number of pyridine rings is 1. The van der Waals surface area contributed by atoms with Gasteiger partial charge in [0.1, 0.15) is 0 Å². The molecule has 0 aliphatic rings. The van der Waals surface area contributed by atoms with E-state index >= 15 is 0 Å². The molecule has 0 bridgehead atoms. The number of anilines is 1. The van der Waals surface area contributed by atoms with E-state index in [9.17, 15) is 9.59 Å². The third kappa shape index (κ3) is 4.91. The van der Waals surface area contributed by atoms with Crippen LogP contribution in [0.3, 0.4) is 0 Å². The Morgan fingerprint density at radius 3 is 2.63 bits per heavy atom. The Hall–Kier alpha value is -3.06. The second kappa shape index (κ2) is 9.63. The quantitative estimate of drug-likeness (QED) is 0.555. The topological polar surface area (TPSA) is 81.2 Å². The monoisotopic (exact) mass is 423 g/mol. The van der Waals surface area contributed by atoms with Gasteiger partial charge in [0.05, 0.1) is 23.4 Å². The molecule has 3 rings (SSSR count). The number of aromatic nitrogens is 2. The van der Waals surface area contributed by atoms with Crippen LogP contribution in [-0.4, -0.2) is 27.8 Å². The zero-order chi connectivity index (χ0) is 21.7. The van der Waals surface area contributed by atoms with Gasteiger partial charge in [0.15, 0.2) is 0 Å². The summed E-state index contributed by atoms with van der Waals surface area (Å²) in [4.78, 5) is 30.5. The Labute approximate surface area is 180 Å². The minimum Gasteiger partial charge on any atom is -0.462 e. The third-order valence-electron chi connectivity index (χ3n) is 4.67. The van der Waals surface area contributed by atoms with Crippen molar-refractivity contribution < 1.29 is 14.3 Å². The van der Waals surface area contributed by atoms with Gasteiger partial charge in [-0.2, -0.15) is 4.37 Å². The van der Waals surface area contributed by atoms with Crippen LogP contribution in [0.4, 0.5) is 5.69 Å². The third-order valence-corrected chi connectivity index (χ3v) is 5.60. The SMILES string of the molecule is CCOC(=O)c1cc(C)nc(Cc2snc(C)c2C(=O)Nc2ccccc2CC)c1. The lowest BCUT2D eigenvalue weighted by molar-refractivity contribution is 0.0525. The predicted molar refractivity (Wildman–Crippen MR) is 118 cm³/mol. The van der Waals surface area contributed by atoms with Gasteiger partial charge in [-0.3, -0.25) is 9.78 Å². The van der Waals surface area contributed by atoms with Crippen molar-refractivity contribution >= 4 is 29.1 Å². The molecule has 6 nitrogen and oxygen atoms in total. The van der Waals surface area contributed by atoms with Gasteiger partial charge >= 0.3 is 5.97 Å². The average Bonchev–Trinajstić information content (AvgIpc) is 3.08. The number of carbonyl (C=O) groups excluding carboxylic acids is 2. The summed E-state index contributed by atoms with van der Waals surface area (Å²) in [5, 5.41) is 3.02. The molecular formula is C23H25N3O3S. The van der Waals surface area contributed by atoms with Gasteiger partial charge in [-0.05, 0) is 62.5 Å². The number of para-hydroxylation sites is 1. The molecule has 0 atom stereocenters. The number of hydrogen-bond acceptors (Lipinski definition) is 6. The van der Waals surface area contributed by atoms with Crippen molar-refractivity contribution in [2.75, 3.05) is 11.9 Å². The number of nitrogens with zero attached hydrogens (tertiary/aromatic N) is 2. The van der Waals surface area contributed by atoms with Gasteiger partial charge in [-0.1, -0.05) is 25.1 Å². The zero-order valence-electron chi connectivity index (χ0n) is 17.6. The lowest BCUT2D eigenvalue weighted by atomic mass is 10.1. The molecule has 2 heterocycles. The van der Waals surface area contributed by atoms with Gasteiger partial charge < -0.3 is 10.1 Å². The molecule has 0 fully saturated rings. The smallest absolute Gasteiger partial charge is 0.338 e. The molecule has 3 aromatic rings. The molecule has 156 valence electrons. The number of ether oxygens (including phenoxy) is 1. The van der Waals surface area contributed by atoms with Gasteiger partial charge in [0, 0.05) is 28.4 Å². The molecule has 0 radical (unpaired) electrons. The highest BCUT2D eigenvalue weighted by molar-refractivity contribution is 7.06. The molecule has 30 heavy (non-hydrogen) atoms. The zero-order valence-corrected chi connectivity index (χ0v) is 18.4. The maximum atomic E-state index is 13.1. The number of benzene rings is 1. The number of carbonyl (C=O) groups is 2. The first kappa shape index (κ1) is 21.6. The van der Waals surface area contributed by atoms with Gasteiger partial charge in [-0.25, -0.2) is 4.79 Å². The number of hydrogen-bond donors (Lipinski definition) is 1. The maximum absolute atomic E-state index is 13.1. The summed E-state index contributed by atoms with van der Waals surface area (Å²) in [6.45, 7) is 7.80. The molecule has 1 aromatic carbocycles. The summed E-state index contributed by atoms with van der Waals surface area (Å²) in [6, 6.07) is 11.2. The Kier molecular flexibility index (Phi) is 6.95. The van der Waals surface area contributed by atoms with Crippen molar-refractivity contribution in [1.29, 1.82) is 0 Å². The summed E-state index contributed by atoms with van der Waals surface area (Å²) >= 11 is 1.28. The van der Waals surface area contributed by atoms with Crippen LogP contribution in [0.2, 0.25) is 0 Å². The Morgan fingerprint density at radius 1 is 1.13 bits per heavy atom. The Morgan fingerprint density at radius 2 is 1.90 bits per heavy atom. The van der Waals surface area contributed by atoms with E-state index in [0.29, 0.717) is 35.5 Å². The molecule has 1 N–H and O–H groups in total. The molecule has 0 spiro atoms. The van der Waals surface area contributed by atoms with Crippen molar-refractivity contribution in [2.24, 2.45) is 0 Å². The molecule has 2 aromatic heterocycles. The van der Waals surface area contributed by atoms with Crippen molar-refractivity contribution in [2.45, 2.75) is 40.5 Å². The highest BCUT2D eigenvalue weighted by atomic mass is 32.1. The van der Waals surface area contributed by atoms with Crippen LogP contribution in [0.15, 0.2) is 36.4 Å². The van der Waals surface area contributed by atoms with Gasteiger partial charge in [0.2, 0.25) is 0 Å². The van der Waals surface area contributed by atoms with Crippen molar-refractivity contribution in [3.8, 4) is 0 Å². The lowest BCUT2D eigenvalue weighted by Crippen LogP contribution is -2.15. The first-order valence-corrected chi connectivity index (χ1v) is 10.7. The fourth-order valence-corrected chi connectivity index (χ4v) is 4.17. The highest BCUT2D eigenvalue weighted by Gasteiger charge is 2.20. The van der Waals surface area contributed by atoms with Crippen LogP contribution in [0.1, 0.15) is 62.1 Å². The molecule has 7 heteroatoms. The fraction of sp³-hybridized carbons (Fsp3) is 0.304. The van der Waals surface area contributed by atoms with Gasteiger partial charge in [0.25, 0.3) is 5.91 Å². The van der Waals surface area contributed by atoms with Crippen LogP contribution in [0.5, 0.6) is 0 Å². The highest BCUT2D eigenvalue weighted by Crippen LogP contribution is 2.24. The largest absolute Gasteiger partial charge is 0.462 e. The van der Waals surface area contributed by atoms with E-state index in [-0.39, 0.29) is 11.9 Å². The first-order chi connectivity index (χ1) is 14.4. The number of amides is 1. The minimum atomic E-state index is -0.376. The summed E-state index contributed by atoms with van der Waals surface area (Å²) < 4.78 is 9.49. The Bertz CT molecular complexity index is 1080. The van der Waals surface area contributed by atoms with E-state index in [1.165, 1.54) is 11.5 Å². The van der Waals surface area contributed by atoms with Crippen molar-refractivity contribution in [3.05, 3.63) is 75.0 Å². The van der Waals surface area contributed by atoms with E-state index in [1.54, 1.807) is 19.1 Å². The van der Waals surface area contributed by atoms with E-state index < -0.39 is 0 Å². The Balaban J connectivity index is 1.88. The summed E-state index contributed by atoms with van der Waals surface area (Å²) in [7, 11) is 0.